The van der Waals surface area contributed by atoms with Crippen LogP contribution >= 0.6 is 0 Å². The van der Waals surface area contributed by atoms with E-state index < -0.39 is 11.4 Å². The third-order valence-electron chi connectivity index (χ3n) is 5.26. The lowest BCUT2D eigenvalue weighted by Gasteiger charge is -2.24. The van der Waals surface area contributed by atoms with Crippen LogP contribution in [0.2, 0.25) is 0 Å². The molecule has 3 N–H and O–H groups in total. The minimum absolute atomic E-state index is 0.0558. The van der Waals surface area contributed by atoms with Crippen LogP contribution in [0.5, 0.6) is 0 Å². The molecule has 1 aromatic carbocycles. The van der Waals surface area contributed by atoms with E-state index in [2.05, 4.69) is 9.97 Å². The van der Waals surface area contributed by atoms with Crippen molar-refractivity contribution >= 4 is 22.9 Å². The van der Waals surface area contributed by atoms with Crippen LogP contribution in [0.3, 0.4) is 0 Å². The van der Waals surface area contributed by atoms with Crippen molar-refractivity contribution in [3.05, 3.63) is 34.2 Å². The number of carboxylic acid groups (broad SMARTS) is 1. The average molecular weight is 330 g/mol. The molecule has 0 bridgehead atoms. The maximum absolute atomic E-state index is 12.8. The topological polar surface area (TPSA) is 110 Å². The summed E-state index contributed by atoms with van der Waals surface area (Å²) in [6.45, 7) is 1.80. The zero-order valence-corrected chi connectivity index (χ0v) is 13.2. The lowest BCUT2D eigenvalue weighted by atomic mass is 9.81. The molecule has 2 atom stereocenters. The average Bonchev–Trinajstić information content (AvgIpc) is 3.14. The molecule has 0 saturated carbocycles. The van der Waals surface area contributed by atoms with Crippen LogP contribution in [-0.2, 0) is 4.79 Å². The molecule has 2 aliphatic heterocycles. The van der Waals surface area contributed by atoms with Crippen LogP contribution in [-0.4, -0.2) is 70.0 Å². The van der Waals surface area contributed by atoms with Crippen molar-refractivity contribution < 1.29 is 14.7 Å². The first-order valence-corrected chi connectivity index (χ1v) is 7.82. The van der Waals surface area contributed by atoms with Crippen molar-refractivity contribution in [2.45, 2.75) is 0 Å². The van der Waals surface area contributed by atoms with Gasteiger partial charge in [0.2, 0.25) is 0 Å². The second kappa shape index (κ2) is 4.94. The third-order valence-corrected chi connectivity index (χ3v) is 5.26. The van der Waals surface area contributed by atoms with Crippen molar-refractivity contribution in [2.75, 3.05) is 33.2 Å². The minimum Gasteiger partial charge on any atom is -0.481 e. The van der Waals surface area contributed by atoms with E-state index in [0.717, 1.165) is 0 Å². The smallest absolute Gasteiger partial charge is 0.323 e. The fraction of sp³-hybridized carbons (Fsp3) is 0.438. The summed E-state index contributed by atoms with van der Waals surface area (Å²) in [5.74, 6) is -1.09. The van der Waals surface area contributed by atoms with E-state index >= 15 is 0 Å². The van der Waals surface area contributed by atoms with Gasteiger partial charge in [-0.25, -0.2) is 4.79 Å². The molecule has 126 valence electrons. The zero-order chi connectivity index (χ0) is 17.1. The Morgan fingerprint density at radius 2 is 1.96 bits per heavy atom. The number of carbonyl (C=O) groups excluding carboxylic acids is 1. The number of rotatable bonds is 2. The fourth-order valence-corrected chi connectivity index (χ4v) is 4.12. The van der Waals surface area contributed by atoms with Gasteiger partial charge in [-0.05, 0) is 25.2 Å². The number of likely N-dealkylation sites (tertiary alicyclic amines) is 2. The predicted octanol–water partition coefficient (Wildman–Crippen LogP) is -0.0554. The summed E-state index contributed by atoms with van der Waals surface area (Å²) in [5, 5.41) is 9.70. The summed E-state index contributed by atoms with van der Waals surface area (Å²) < 4.78 is 0. The highest BCUT2D eigenvalue weighted by atomic mass is 16.4. The van der Waals surface area contributed by atoms with Crippen LogP contribution in [0.15, 0.2) is 23.0 Å². The van der Waals surface area contributed by atoms with Crippen LogP contribution < -0.4 is 5.69 Å². The number of imidazole rings is 1. The number of nitrogens with zero attached hydrogens (tertiary/aromatic N) is 2. The minimum atomic E-state index is -0.878. The molecule has 0 spiro atoms. The highest BCUT2D eigenvalue weighted by molar-refractivity contribution is 5.98. The van der Waals surface area contributed by atoms with Crippen LogP contribution in [0, 0.1) is 11.3 Å². The molecule has 1 aromatic heterocycles. The number of aromatic nitrogens is 2. The number of nitrogens with one attached hydrogen (secondary N) is 2. The number of H-pyrrole nitrogens is 2. The maximum atomic E-state index is 12.8. The van der Waals surface area contributed by atoms with Gasteiger partial charge in [-0.2, -0.15) is 0 Å². The van der Waals surface area contributed by atoms with Crippen molar-refractivity contribution in [3.8, 4) is 0 Å². The first-order valence-electron chi connectivity index (χ1n) is 7.82. The predicted molar refractivity (Wildman–Crippen MR) is 85.9 cm³/mol. The van der Waals surface area contributed by atoms with Crippen molar-refractivity contribution in [1.82, 2.24) is 19.8 Å². The van der Waals surface area contributed by atoms with E-state index in [-0.39, 0.29) is 24.1 Å². The summed E-state index contributed by atoms with van der Waals surface area (Å²) in [4.78, 5) is 44.8. The van der Waals surface area contributed by atoms with E-state index in [1.54, 1.807) is 23.1 Å². The Morgan fingerprint density at radius 1 is 1.21 bits per heavy atom. The molecule has 2 fully saturated rings. The number of carbonyl (C=O) groups is 2. The molecule has 8 nitrogen and oxygen atoms in total. The molecule has 2 aliphatic rings. The number of hydrogen-bond donors (Lipinski definition) is 3. The Morgan fingerprint density at radius 3 is 2.67 bits per heavy atom. The Labute approximate surface area is 137 Å². The van der Waals surface area contributed by atoms with Crippen LogP contribution in [0.1, 0.15) is 10.4 Å². The van der Waals surface area contributed by atoms with E-state index in [4.69, 9.17) is 0 Å². The Hall–Kier alpha value is -2.61. The highest BCUT2D eigenvalue weighted by Gasteiger charge is 2.57. The monoisotopic (exact) mass is 330 g/mol. The number of fused-ring (bicyclic) bond motifs is 2. The molecule has 4 rings (SSSR count). The number of benzene rings is 1. The van der Waals surface area contributed by atoms with Gasteiger partial charge in [0.15, 0.2) is 0 Å². The molecule has 2 saturated heterocycles. The van der Waals surface area contributed by atoms with Crippen LogP contribution in [0.4, 0.5) is 0 Å². The molecular formula is C16H18N4O4. The van der Waals surface area contributed by atoms with Crippen LogP contribution in [0.25, 0.3) is 11.0 Å². The van der Waals surface area contributed by atoms with Gasteiger partial charge < -0.3 is 24.9 Å². The van der Waals surface area contributed by atoms with E-state index in [9.17, 15) is 19.5 Å². The van der Waals surface area contributed by atoms with Crippen molar-refractivity contribution in [2.24, 2.45) is 11.3 Å². The van der Waals surface area contributed by atoms with Gasteiger partial charge in [0.1, 0.15) is 5.41 Å². The summed E-state index contributed by atoms with van der Waals surface area (Å²) in [6.07, 6.45) is 0. The quantitative estimate of drug-likeness (QED) is 0.715. The Balaban J connectivity index is 1.63. The Bertz CT molecular complexity index is 901. The van der Waals surface area contributed by atoms with Gasteiger partial charge >= 0.3 is 11.7 Å². The normalized spacial score (nSPS) is 26.9. The van der Waals surface area contributed by atoms with Gasteiger partial charge in [0, 0.05) is 37.7 Å². The summed E-state index contributed by atoms with van der Waals surface area (Å²) in [6, 6.07) is 4.96. The number of amides is 1. The molecule has 8 heteroatoms. The molecular weight excluding hydrogens is 312 g/mol. The Kier molecular flexibility index (Phi) is 3.08. The van der Waals surface area contributed by atoms with Gasteiger partial charge in [0.05, 0.1) is 11.0 Å². The number of aromatic amines is 2. The number of carboxylic acids is 1. The molecule has 0 radical (unpaired) electrons. The summed E-state index contributed by atoms with van der Waals surface area (Å²) >= 11 is 0. The second-order valence-corrected chi connectivity index (χ2v) is 6.88. The van der Waals surface area contributed by atoms with E-state index in [1.807, 2.05) is 11.9 Å². The molecule has 1 amide bonds. The first kappa shape index (κ1) is 14.9. The second-order valence-electron chi connectivity index (χ2n) is 6.88. The fourth-order valence-electron chi connectivity index (χ4n) is 4.12. The molecule has 3 heterocycles. The van der Waals surface area contributed by atoms with Crippen molar-refractivity contribution in [1.29, 1.82) is 0 Å². The molecule has 0 aliphatic carbocycles. The highest BCUT2D eigenvalue weighted by Crippen LogP contribution is 2.42. The van der Waals surface area contributed by atoms with E-state index in [0.29, 0.717) is 36.2 Å². The number of aliphatic carboxylic acids is 1. The van der Waals surface area contributed by atoms with E-state index in [1.165, 1.54) is 0 Å². The van der Waals surface area contributed by atoms with Gasteiger partial charge in [-0.3, -0.25) is 9.59 Å². The van der Waals surface area contributed by atoms with Gasteiger partial charge in [0.25, 0.3) is 5.91 Å². The number of hydrogen-bond acceptors (Lipinski definition) is 4. The van der Waals surface area contributed by atoms with Gasteiger partial charge in [-0.1, -0.05) is 0 Å². The molecule has 0 unspecified atom stereocenters. The summed E-state index contributed by atoms with van der Waals surface area (Å²) in [5.41, 5.74) is 0.456. The third kappa shape index (κ3) is 2.06. The molecule has 24 heavy (non-hydrogen) atoms. The largest absolute Gasteiger partial charge is 0.481 e. The maximum Gasteiger partial charge on any atom is 0.323 e. The van der Waals surface area contributed by atoms with Crippen molar-refractivity contribution in [3.63, 3.8) is 0 Å². The lowest BCUT2D eigenvalue weighted by Crippen LogP contribution is -2.41. The zero-order valence-electron chi connectivity index (χ0n) is 13.2. The summed E-state index contributed by atoms with van der Waals surface area (Å²) in [7, 11) is 1.91. The lowest BCUT2D eigenvalue weighted by molar-refractivity contribution is -0.148. The van der Waals surface area contributed by atoms with Gasteiger partial charge in [-0.15, -0.1) is 0 Å². The molecule has 2 aromatic rings. The SMILES string of the molecule is CN1C[C@H]2CN(C(=O)c3ccc4[nH]c(=O)[nH]c4c3)C[C@@]2(C(=O)O)C1. The standard InChI is InChI=1S/C16H18N4O4/c1-19-5-10-6-20(8-16(10,7-19)14(22)23)13(21)9-2-3-11-12(4-9)18-15(24)17-11/h2-4,10H,5-8H2,1H3,(H,22,23)(H2,17,18,24)/t10-,16-/m0/s1. The first-order chi connectivity index (χ1) is 11.4.